The summed E-state index contributed by atoms with van der Waals surface area (Å²) in [6, 6.07) is 1.83. The molecule has 0 aliphatic heterocycles. The monoisotopic (exact) mass is 236 g/mol. The second kappa shape index (κ2) is 5.02. The zero-order chi connectivity index (χ0) is 12.3. The van der Waals surface area contributed by atoms with Gasteiger partial charge in [0.15, 0.2) is 0 Å². The Labute approximate surface area is 102 Å². The Kier molecular flexibility index (Phi) is 3.64. The van der Waals surface area contributed by atoms with Crippen LogP contribution in [-0.4, -0.2) is 24.3 Å². The molecule has 0 spiro atoms. The van der Waals surface area contributed by atoms with Gasteiger partial charge in [0, 0.05) is 13.3 Å². The third kappa shape index (κ3) is 2.28. The fourth-order valence-corrected chi connectivity index (χ4v) is 2.32. The van der Waals surface area contributed by atoms with Crippen LogP contribution in [0.15, 0.2) is 18.5 Å². The molecule has 0 aromatic carbocycles. The minimum Gasteiger partial charge on any atom is -0.492 e. The second-order valence-corrected chi connectivity index (χ2v) is 4.49. The number of aromatic nitrogens is 1. The lowest BCUT2D eigenvalue weighted by molar-refractivity contribution is -0.0912. The molecule has 0 amide bonds. The lowest BCUT2D eigenvalue weighted by Gasteiger charge is -2.45. The topological polar surface area (TPSA) is 57.4 Å². The summed E-state index contributed by atoms with van der Waals surface area (Å²) in [7, 11) is 1.73. The average Bonchev–Trinajstić information content (AvgIpc) is 2.29. The Balaban J connectivity index is 2.18. The number of methoxy groups -OCH3 is 1. The third-order valence-electron chi connectivity index (χ3n) is 3.58. The molecule has 1 heterocycles. The zero-order valence-corrected chi connectivity index (χ0v) is 10.5. The molecule has 17 heavy (non-hydrogen) atoms. The van der Waals surface area contributed by atoms with Crippen molar-refractivity contribution in [2.45, 2.75) is 37.8 Å². The first-order chi connectivity index (χ1) is 8.22. The highest BCUT2D eigenvalue weighted by atomic mass is 16.5. The van der Waals surface area contributed by atoms with Crippen molar-refractivity contribution >= 4 is 0 Å². The van der Waals surface area contributed by atoms with Gasteiger partial charge >= 0.3 is 0 Å². The van der Waals surface area contributed by atoms with Crippen LogP contribution in [0.2, 0.25) is 0 Å². The lowest BCUT2D eigenvalue weighted by atomic mass is 9.73. The first kappa shape index (κ1) is 12.3. The quantitative estimate of drug-likeness (QED) is 0.850. The van der Waals surface area contributed by atoms with E-state index in [1.54, 1.807) is 19.5 Å². The molecule has 1 saturated carbocycles. The Morgan fingerprint density at radius 1 is 1.47 bits per heavy atom. The predicted octanol–water partition coefficient (Wildman–Crippen LogP) is 2.05. The molecule has 2 rings (SSSR count). The fraction of sp³-hybridized carbons (Fsp3) is 0.615. The molecular weight excluding hydrogens is 216 g/mol. The Bertz CT molecular complexity index is 372. The van der Waals surface area contributed by atoms with Gasteiger partial charge in [-0.2, -0.15) is 0 Å². The number of nitrogens with zero attached hydrogens (tertiary/aromatic N) is 1. The first-order valence-electron chi connectivity index (χ1n) is 6.10. The maximum Gasteiger partial charge on any atom is 0.137 e. The van der Waals surface area contributed by atoms with Gasteiger partial charge in [0.05, 0.1) is 24.4 Å². The number of nitrogens with two attached hydrogens (primary N) is 1. The van der Waals surface area contributed by atoms with E-state index in [0.29, 0.717) is 6.61 Å². The molecule has 1 fully saturated rings. The van der Waals surface area contributed by atoms with Gasteiger partial charge in [0.25, 0.3) is 0 Å². The van der Waals surface area contributed by atoms with Gasteiger partial charge in [-0.05, 0) is 37.8 Å². The van der Waals surface area contributed by atoms with E-state index in [4.69, 9.17) is 15.2 Å². The molecule has 4 nitrogen and oxygen atoms in total. The molecular formula is C13H20N2O2. The van der Waals surface area contributed by atoms with Gasteiger partial charge in [-0.1, -0.05) is 0 Å². The molecule has 4 heteroatoms. The van der Waals surface area contributed by atoms with Crippen molar-refractivity contribution in [1.29, 1.82) is 0 Å². The van der Waals surface area contributed by atoms with Crippen LogP contribution < -0.4 is 10.5 Å². The van der Waals surface area contributed by atoms with Crippen molar-refractivity contribution in [2.75, 3.05) is 13.7 Å². The minimum absolute atomic E-state index is 0.130. The van der Waals surface area contributed by atoms with Crippen molar-refractivity contribution in [2.24, 2.45) is 5.73 Å². The van der Waals surface area contributed by atoms with Crippen LogP contribution in [0.5, 0.6) is 5.75 Å². The molecule has 94 valence electrons. The highest BCUT2D eigenvalue weighted by Gasteiger charge is 2.43. The molecule has 0 saturated heterocycles. The van der Waals surface area contributed by atoms with Crippen molar-refractivity contribution in [3.05, 3.63) is 24.0 Å². The summed E-state index contributed by atoms with van der Waals surface area (Å²) >= 11 is 0. The number of rotatable bonds is 5. The van der Waals surface area contributed by atoms with E-state index >= 15 is 0 Å². The van der Waals surface area contributed by atoms with Gasteiger partial charge < -0.3 is 15.2 Å². The molecule has 0 radical (unpaired) electrons. The van der Waals surface area contributed by atoms with Gasteiger partial charge in [0.2, 0.25) is 0 Å². The smallest absolute Gasteiger partial charge is 0.137 e. The SMILES string of the molecule is CCOc1cncc(C(N)C2(OC)CCC2)c1. The molecule has 1 aromatic heterocycles. The van der Waals surface area contributed by atoms with E-state index in [2.05, 4.69) is 4.98 Å². The van der Waals surface area contributed by atoms with E-state index in [1.807, 2.05) is 13.0 Å². The molecule has 1 unspecified atom stereocenters. The average molecular weight is 236 g/mol. The van der Waals surface area contributed by atoms with Gasteiger partial charge in [-0.15, -0.1) is 0 Å². The molecule has 1 aromatic rings. The Hall–Kier alpha value is -1.13. The summed E-state index contributed by atoms with van der Waals surface area (Å²) in [6.45, 7) is 2.59. The van der Waals surface area contributed by atoms with Crippen molar-refractivity contribution < 1.29 is 9.47 Å². The normalized spacial score (nSPS) is 19.5. The largest absolute Gasteiger partial charge is 0.492 e. The van der Waals surface area contributed by atoms with Crippen LogP contribution in [0.1, 0.15) is 37.8 Å². The summed E-state index contributed by atoms with van der Waals surface area (Å²) in [5.41, 5.74) is 7.07. The predicted molar refractivity (Wildman–Crippen MR) is 65.9 cm³/mol. The first-order valence-corrected chi connectivity index (χ1v) is 6.10. The third-order valence-corrected chi connectivity index (χ3v) is 3.58. The van der Waals surface area contributed by atoms with Crippen LogP contribution in [0, 0.1) is 0 Å². The highest BCUT2D eigenvalue weighted by Crippen LogP contribution is 2.43. The summed E-state index contributed by atoms with van der Waals surface area (Å²) in [5.74, 6) is 0.769. The van der Waals surface area contributed by atoms with E-state index in [-0.39, 0.29) is 11.6 Å². The van der Waals surface area contributed by atoms with E-state index in [1.165, 1.54) is 6.42 Å². The van der Waals surface area contributed by atoms with Crippen LogP contribution in [0.4, 0.5) is 0 Å². The van der Waals surface area contributed by atoms with Gasteiger partial charge in [-0.3, -0.25) is 4.98 Å². The Morgan fingerprint density at radius 2 is 2.24 bits per heavy atom. The maximum atomic E-state index is 6.29. The number of hydrogen-bond donors (Lipinski definition) is 1. The van der Waals surface area contributed by atoms with E-state index in [9.17, 15) is 0 Å². The molecule has 1 aliphatic rings. The summed E-state index contributed by atoms with van der Waals surface area (Å²) in [4.78, 5) is 4.17. The molecule has 1 atom stereocenters. The van der Waals surface area contributed by atoms with Gasteiger partial charge in [0.1, 0.15) is 5.75 Å². The van der Waals surface area contributed by atoms with Crippen LogP contribution in [0.3, 0.4) is 0 Å². The number of ether oxygens (including phenoxy) is 2. The molecule has 1 aliphatic carbocycles. The summed E-state index contributed by atoms with van der Waals surface area (Å²) in [5, 5.41) is 0. The minimum atomic E-state index is -0.202. The van der Waals surface area contributed by atoms with Crippen molar-refractivity contribution in [3.63, 3.8) is 0 Å². The standard InChI is InChI=1S/C13H20N2O2/c1-3-17-11-7-10(8-15-9-11)12(14)13(16-2)5-4-6-13/h7-9,12H,3-6,14H2,1-2H3. The van der Waals surface area contributed by atoms with Gasteiger partial charge in [-0.25, -0.2) is 0 Å². The maximum absolute atomic E-state index is 6.29. The highest BCUT2D eigenvalue weighted by molar-refractivity contribution is 5.28. The Morgan fingerprint density at radius 3 is 2.76 bits per heavy atom. The van der Waals surface area contributed by atoms with Crippen LogP contribution >= 0.6 is 0 Å². The van der Waals surface area contributed by atoms with E-state index in [0.717, 1.165) is 24.2 Å². The number of hydrogen-bond acceptors (Lipinski definition) is 4. The second-order valence-electron chi connectivity index (χ2n) is 4.49. The number of pyridine rings is 1. The van der Waals surface area contributed by atoms with E-state index < -0.39 is 0 Å². The molecule has 0 bridgehead atoms. The zero-order valence-electron chi connectivity index (χ0n) is 10.5. The van der Waals surface area contributed by atoms with Crippen molar-refractivity contribution in [3.8, 4) is 5.75 Å². The summed E-state index contributed by atoms with van der Waals surface area (Å²) in [6.07, 6.45) is 6.72. The lowest BCUT2D eigenvalue weighted by Crippen LogP contribution is -2.48. The summed E-state index contributed by atoms with van der Waals surface area (Å²) < 4.78 is 11.0. The van der Waals surface area contributed by atoms with Crippen LogP contribution in [-0.2, 0) is 4.74 Å². The fourth-order valence-electron chi connectivity index (χ4n) is 2.32. The van der Waals surface area contributed by atoms with Crippen molar-refractivity contribution in [1.82, 2.24) is 4.98 Å². The van der Waals surface area contributed by atoms with Crippen LogP contribution in [0.25, 0.3) is 0 Å². The molecule has 2 N–H and O–H groups in total.